The van der Waals surface area contributed by atoms with Gasteiger partial charge in [0.2, 0.25) is 43.3 Å². The van der Waals surface area contributed by atoms with Gasteiger partial charge in [-0.05, 0) is 175 Å². The van der Waals surface area contributed by atoms with E-state index in [9.17, 15) is 19.2 Å². The van der Waals surface area contributed by atoms with Gasteiger partial charge >= 0.3 is 18.0 Å². The Morgan fingerprint density at radius 2 is 0.845 bits per heavy atom. The Labute approximate surface area is 758 Å². The topological polar surface area (TPSA) is 225 Å². The SMILES string of the molecule is [C-]#[N+]C[C@H]1CN(c2nc(OCCC(=O)N(C)C)nc3c2CCN(c2cccc4cccc(C)c24)C3)CCN1C(=O)C=C.[C-]#[N+]C[C@H]1CN(c2nc(OCCCN3CCCCC3)nc3c2CCN(c2cccc4cccc(C)c24)C3)CCN1C(=O)C=C.[C-]#[N+]C[C@H]1CN(c2nc(OC[C@@H]3CCCN3C)nc3c2CCN(c2cccc4cccc(C)c24)C3)CCN1C(=O)/C=C/C. The van der Waals surface area contributed by atoms with Crippen molar-refractivity contribution >= 4 is 90.5 Å². The highest BCUT2D eigenvalue weighted by atomic mass is 16.5. The van der Waals surface area contributed by atoms with E-state index in [0.717, 1.165) is 116 Å². The van der Waals surface area contributed by atoms with Crippen LogP contribution in [0.3, 0.4) is 0 Å². The number of hydrogen-bond acceptors (Lipinski definition) is 21. The molecule has 0 aliphatic carbocycles. The minimum Gasteiger partial charge on any atom is -0.463 e. The average molecular weight is 1740 g/mol. The van der Waals surface area contributed by atoms with E-state index in [0.29, 0.717) is 110 Å². The lowest BCUT2D eigenvalue weighted by atomic mass is 9.99. The standard InChI is InChI=1S/C35H43N7O2.C34H41N7O2.C32H37N7O3/c1-4-32(43)42-21-20-41(24-28(42)23-36-3)34-29-15-19-40(31-14-9-13-27-12-8-11-26(2)33(27)31)25-30(29)37-35(38-34)44-22-10-18-39-16-6-5-7-17-39;1-5-9-31(42)41-19-18-40(21-27(41)20-35-3)33-28-15-17-39(30-14-7-12-25-11-6-10-24(2)32(25)30)22-29(28)36-34(37-33)43-23-26-13-8-16-38(26)4;1-6-28(40)39-17-16-38(20-24(39)19-33-3)31-25-13-15-37(27-12-8-11-23-10-7-9-22(2)30(23)27)21-26(25)34-32(35-31)42-18-14-29(41)36(4)5/h4,8-9,11-14,28H,1,5-7,10,15-25H2,2H3;5-7,9-12,14,26-27H,8,13,15-23H2,1-2,4H3;6-12,24H,1,13-21H2,2,4-5H3/b;9-5+;/t28-;26-,27-;24-/m000/s1. The number of aryl methyl sites for hydroxylation is 3. The van der Waals surface area contributed by atoms with Gasteiger partial charge in [-0.15, -0.1) is 0 Å². The molecule has 0 N–H and O–H groups in total. The molecule has 17 rings (SSSR count). The van der Waals surface area contributed by atoms with E-state index in [1.165, 1.54) is 122 Å². The monoisotopic (exact) mass is 1740 g/mol. The number of carbonyl (C=O) groups excluding carboxylic acids is 4. The molecule has 0 spiro atoms. The van der Waals surface area contributed by atoms with Crippen LogP contribution in [0.1, 0.15) is 102 Å². The fourth-order valence-electron chi connectivity index (χ4n) is 19.8. The number of rotatable bonds is 24. The molecule has 5 saturated heterocycles. The first-order valence-electron chi connectivity index (χ1n) is 45.8. The van der Waals surface area contributed by atoms with E-state index >= 15 is 0 Å². The van der Waals surface area contributed by atoms with Crippen LogP contribution >= 0.6 is 0 Å². The number of amides is 4. The summed E-state index contributed by atoms with van der Waals surface area (Å²) in [5.74, 6) is 2.20. The number of ether oxygens (including phenoxy) is 3. The van der Waals surface area contributed by atoms with E-state index in [1.54, 1.807) is 36.0 Å². The Kier molecular flexibility index (Phi) is 29.8. The molecule has 0 radical (unpaired) electrons. The van der Waals surface area contributed by atoms with Crippen LogP contribution in [-0.2, 0) is 58.1 Å². The average Bonchev–Trinajstić information content (AvgIpc) is 0.899. The number of anilines is 6. The van der Waals surface area contributed by atoms with Crippen LogP contribution in [-0.4, -0.2) is 272 Å². The van der Waals surface area contributed by atoms with Crippen LogP contribution in [0.15, 0.2) is 147 Å². The van der Waals surface area contributed by atoms with Gasteiger partial charge in [0.15, 0.2) is 0 Å². The van der Waals surface area contributed by atoms with Gasteiger partial charge in [0.25, 0.3) is 0 Å². The summed E-state index contributed by atoms with van der Waals surface area (Å²) < 4.78 is 18.5. The smallest absolute Gasteiger partial charge is 0.318 e. The Morgan fingerprint density at radius 3 is 1.22 bits per heavy atom. The van der Waals surface area contributed by atoms with E-state index in [1.807, 2.05) is 11.8 Å². The third-order valence-corrected chi connectivity index (χ3v) is 26.5. The Balaban J connectivity index is 0.000000149. The fourth-order valence-corrected chi connectivity index (χ4v) is 19.8. The number of aromatic nitrogens is 6. The van der Waals surface area contributed by atoms with Crippen LogP contribution < -0.4 is 43.6 Å². The number of likely N-dealkylation sites (tertiary alicyclic amines) is 2. The van der Waals surface area contributed by atoms with Crippen LogP contribution in [0, 0.1) is 40.5 Å². The minimum absolute atomic E-state index is 0.0318. The lowest BCUT2D eigenvalue weighted by Gasteiger charge is -2.41. The summed E-state index contributed by atoms with van der Waals surface area (Å²) in [6, 6.07) is 39.5. The lowest BCUT2D eigenvalue weighted by Crippen LogP contribution is -2.56. The van der Waals surface area contributed by atoms with E-state index in [2.05, 4.69) is 204 Å². The molecule has 4 atom stereocenters. The maximum atomic E-state index is 12.8. The van der Waals surface area contributed by atoms with Crippen molar-refractivity contribution in [2.45, 2.75) is 136 Å². The molecule has 28 nitrogen and oxygen atoms in total. The molecule has 129 heavy (non-hydrogen) atoms. The molecule has 8 aliphatic rings. The number of piperidine rings is 1. The number of carbonyl (C=O) groups is 4. The summed E-state index contributed by atoms with van der Waals surface area (Å²) in [6.07, 6.45) is 15.7. The molecule has 0 unspecified atom stereocenters. The van der Waals surface area contributed by atoms with Crippen molar-refractivity contribution in [2.24, 2.45) is 0 Å². The Hall–Kier alpha value is -13.0. The molecule has 6 aromatic carbocycles. The summed E-state index contributed by atoms with van der Waals surface area (Å²) in [7, 11) is 5.59. The summed E-state index contributed by atoms with van der Waals surface area (Å²) in [6.45, 7) is 54.1. The minimum atomic E-state index is -0.270. The second-order valence-electron chi connectivity index (χ2n) is 35.0. The normalized spacial score (nSPS) is 18.8. The molecule has 0 bridgehead atoms. The number of piperazine rings is 3. The summed E-state index contributed by atoms with van der Waals surface area (Å²) in [5, 5.41) is 7.49. The van der Waals surface area contributed by atoms with Gasteiger partial charge in [0, 0.05) is 155 Å². The fraction of sp³-hybridized carbons (Fsp3) is 0.455. The summed E-state index contributed by atoms with van der Waals surface area (Å²) >= 11 is 0. The molecule has 8 aliphatic heterocycles. The van der Waals surface area contributed by atoms with E-state index < -0.39 is 0 Å². The molecular weight excluding hydrogens is 1620 g/mol. The Bertz CT molecular complexity index is 5740. The number of likely N-dealkylation sites (N-methyl/N-ethyl adjacent to an activating group) is 1. The van der Waals surface area contributed by atoms with Crippen molar-refractivity contribution in [3.63, 3.8) is 0 Å². The van der Waals surface area contributed by atoms with Gasteiger partial charge in [-0.2, -0.15) is 29.9 Å². The largest absolute Gasteiger partial charge is 0.463 e. The van der Waals surface area contributed by atoms with Crippen LogP contribution in [0.2, 0.25) is 0 Å². The third kappa shape index (κ3) is 20.9. The van der Waals surface area contributed by atoms with Gasteiger partial charge in [-0.3, -0.25) is 19.2 Å². The molecule has 4 amide bonds. The molecule has 11 heterocycles. The second kappa shape index (κ2) is 42.3. The van der Waals surface area contributed by atoms with Crippen LogP contribution in [0.25, 0.3) is 46.9 Å². The van der Waals surface area contributed by atoms with Crippen LogP contribution in [0.5, 0.6) is 18.0 Å². The number of nitrogens with zero attached hydrogens (tertiary/aromatic N) is 21. The quantitative estimate of drug-likeness (QED) is 0.0311. The molecule has 9 aromatic rings. The number of hydrogen-bond donors (Lipinski definition) is 0. The first kappa shape index (κ1) is 90.8. The maximum absolute atomic E-state index is 12.8. The van der Waals surface area contributed by atoms with Crippen molar-refractivity contribution in [2.75, 3.05) is 195 Å². The molecule has 5 fully saturated rings. The molecule has 28 heteroatoms. The highest BCUT2D eigenvalue weighted by Gasteiger charge is 2.40. The first-order valence-corrected chi connectivity index (χ1v) is 45.8. The van der Waals surface area contributed by atoms with Gasteiger partial charge in [-0.1, -0.05) is 117 Å². The molecule has 3 aromatic heterocycles. The highest BCUT2D eigenvalue weighted by Crippen LogP contribution is 2.41. The van der Waals surface area contributed by atoms with Gasteiger partial charge in [-0.25, -0.2) is 19.7 Å². The maximum Gasteiger partial charge on any atom is 0.318 e. The zero-order chi connectivity index (χ0) is 90.2. The van der Waals surface area contributed by atoms with Gasteiger partial charge in [0.1, 0.15) is 48.8 Å². The first-order chi connectivity index (χ1) is 62.8. The highest BCUT2D eigenvalue weighted by molar-refractivity contribution is 5.99. The van der Waals surface area contributed by atoms with Crippen molar-refractivity contribution in [3.8, 4) is 18.0 Å². The number of benzene rings is 6. The van der Waals surface area contributed by atoms with Crippen molar-refractivity contribution in [3.05, 3.63) is 231 Å². The Morgan fingerprint density at radius 1 is 0.457 bits per heavy atom. The zero-order valence-corrected chi connectivity index (χ0v) is 75.9. The van der Waals surface area contributed by atoms with E-state index in [-0.39, 0.29) is 80.4 Å². The number of allylic oxidation sites excluding steroid dienone is 1. The van der Waals surface area contributed by atoms with Gasteiger partial charge in [0.05, 0.1) is 49.7 Å². The number of fused-ring (bicyclic) bond motifs is 6. The predicted molar refractivity (Wildman–Crippen MR) is 510 cm³/mol. The van der Waals surface area contributed by atoms with Crippen LogP contribution in [0.4, 0.5) is 34.5 Å². The molecule has 0 saturated carbocycles. The molecule has 672 valence electrons. The predicted octanol–water partition coefficient (Wildman–Crippen LogP) is 12.8. The lowest BCUT2D eigenvalue weighted by molar-refractivity contribution is -0.129. The van der Waals surface area contributed by atoms with Crippen molar-refractivity contribution in [1.82, 2.24) is 59.3 Å². The zero-order valence-electron chi connectivity index (χ0n) is 75.9. The summed E-state index contributed by atoms with van der Waals surface area (Å²) in [5.41, 5.74) is 13.6. The molecular formula is C101H121N21O7. The van der Waals surface area contributed by atoms with E-state index in [4.69, 9.17) is 63.8 Å². The van der Waals surface area contributed by atoms with Crippen molar-refractivity contribution < 1.29 is 33.4 Å². The van der Waals surface area contributed by atoms with Gasteiger partial charge < -0.3 is 87.5 Å². The van der Waals surface area contributed by atoms with Crippen molar-refractivity contribution in [1.29, 1.82) is 0 Å². The summed E-state index contributed by atoms with van der Waals surface area (Å²) in [4.78, 5) is 116. The third-order valence-electron chi connectivity index (χ3n) is 26.5. The second-order valence-corrected chi connectivity index (χ2v) is 35.0.